The quantitative estimate of drug-likeness (QED) is 0.383. The maximum absolute atomic E-state index is 12.1. The van der Waals surface area contributed by atoms with Crippen LogP contribution in [0.25, 0.3) is 16.9 Å². The lowest BCUT2D eigenvalue weighted by molar-refractivity contribution is -0.119. The number of benzene rings is 2. The predicted octanol–water partition coefficient (Wildman–Crippen LogP) is 3.65. The maximum atomic E-state index is 12.1. The SMILES string of the molecule is CC(=O)NCc1cc2c(C(N)=O)cccc2n1-c1nc2c(c(NCc3ccccc3)n1)CCCC2. The van der Waals surface area contributed by atoms with Crippen LogP contribution in [-0.4, -0.2) is 26.3 Å². The highest BCUT2D eigenvalue weighted by atomic mass is 16.1. The molecule has 178 valence electrons. The second kappa shape index (κ2) is 9.58. The van der Waals surface area contributed by atoms with Crippen LogP contribution in [-0.2, 0) is 30.7 Å². The highest BCUT2D eigenvalue weighted by Gasteiger charge is 2.22. The molecule has 0 atom stereocenters. The summed E-state index contributed by atoms with van der Waals surface area (Å²) in [5, 5.41) is 7.10. The summed E-state index contributed by atoms with van der Waals surface area (Å²) in [7, 11) is 0. The normalized spacial score (nSPS) is 12.8. The Balaban J connectivity index is 1.65. The molecule has 5 rings (SSSR count). The lowest BCUT2D eigenvalue weighted by atomic mass is 9.96. The number of hydrogen-bond acceptors (Lipinski definition) is 5. The van der Waals surface area contributed by atoms with Crippen LogP contribution in [0.3, 0.4) is 0 Å². The van der Waals surface area contributed by atoms with Crippen molar-refractivity contribution in [1.82, 2.24) is 19.9 Å². The third-order valence-corrected chi connectivity index (χ3v) is 6.38. The van der Waals surface area contributed by atoms with Crippen LogP contribution < -0.4 is 16.4 Å². The molecule has 2 aromatic carbocycles. The summed E-state index contributed by atoms with van der Waals surface area (Å²) in [4.78, 5) is 33.7. The first-order chi connectivity index (χ1) is 17.0. The maximum Gasteiger partial charge on any atom is 0.249 e. The number of primary amides is 1. The van der Waals surface area contributed by atoms with Crippen LogP contribution in [0.1, 0.15) is 52.6 Å². The standard InChI is InChI=1S/C27H28N6O2/c1-17(34)29-16-19-14-22-20(25(28)35)11-7-13-24(22)33(19)27-31-23-12-6-5-10-21(23)26(32-27)30-15-18-8-3-2-4-9-18/h2-4,7-9,11,13-14H,5-6,10,12,15-16H2,1H3,(H2,28,35)(H,29,34)(H,30,31,32). The van der Waals surface area contributed by atoms with Crippen molar-refractivity contribution in [2.75, 3.05) is 5.32 Å². The average Bonchev–Trinajstić information content (AvgIpc) is 3.25. The Morgan fingerprint density at radius 1 is 1.00 bits per heavy atom. The van der Waals surface area contributed by atoms with Crippen molar-refractivity contribution in [2.24, 2.45) is 5.73 Å². The van der Waals surface area contributed by atoms with Crippen LogP contribution in [0.15, 0.2) is 54.6 Å². The van der Waals surface area contributed by atoms with E-state index in [0.29, 0.717) is 23.4 Å². The molecule has 2 aromatic heterocycles. The fourth-order valence-electron chi connectivity index (χ4n) is 4.69. The van der Waals surface area contributed by atoms with E-state index in [1.165, 1.54) is 12.5 Å². The summed E-state index contributed by atoms with van der Waals surface area (Å²) in [6, 6.07) is 17.5. The summed E-state index contributed by atoms with van der Waals surface area (Å²) in [6.45, 7) is 2.40. The predicted molar refractivity (Wildman–Crippen MR) is 135 cm³/mol. The minimum Gasteiger partial charge on any atom is -0.366 e. The van der Waals surface area contributed by atoms with E-state index in [1.54, 1.807) is 12.1 Å². The Hall–Kier alpha value is -4.20. The number of amides is 2. The minimum atomic E-state index is -0.504. The van der Waals surface area contributed by atoms with E-state index in [9.17, 15) is 9.59 Å². The monoisotopic (exact) mass is 468 g/mol. The average molecular weight is 469 g/mol. The van der Waals surface area contributed by atoms with Gasteiger partial charge in [-0.15, -0.1) is 0 Å². The van der Waals surface area contributed by atoms with Gasteiger partial charge in [-0.05, 0) is 49.4 Å². The number of aryl methyl sites for hydroxylation is 1. The zero-order valence-corrected chi connectivity index (χ0v) is 19.7. The van der Waals surface area contributed by atoms with Gasteiger partial charge in [0, 0.05) is 35.7 Å². The molecule has 1 aliphatic carbocycles. The molecule has 8 heteroatoms. The van der Waals surface area contributed by atoms with E-state index in [2.05, 4.69) is 22.8 Å². The van der Waals surface area contributed by atoms with Gasteiger partial charge in [-0.2, -0.15) is 4.98 Å². The topological polar surface area (TPSA) is 115 Å². The van der Waals surface area contributed by atoms with Crippen LogP contribution >= 0.6 is 0 Å². The Labute approximate surface area is 203 Å². The largest absolute Gasteiger partial charge is 0.366 e. The van der Waals surface area contributed by atoms with Crippen molar-refractivity contribution in [1.29, 1.82) is 0 Å². The van der Waals surface area contributed by atoms with E-state index in [-0.39, 0.29) is 12.5 Å². The van der Waals surface area contributed by atoms with E-state index >= 15 is 0 Å². The Morgan fingerprint density at radius 2 is 1.80 bits per heavy atom. The number of rotatable bonds is 7. The Morgan fingerprint density at radius 3 is 2.57 bits per heavy atom. The molecular formula is C27H28N6O2. The summed E-state index contributed by atoms with van der Waals surface area (Å²) in [5.41, 5.74) is 11.0. The van der Waals surface area contributed by atoms with Gasteiger partial charge in [-0.25, -0.2) is 4.98 Å². The molecule has 0 saturated heterocycles. The number of fused-ring (bicyclic) bond motifs is 2. The molecule has 4 aromatic rings. The van der Waals surface area contributed by atoms with Gasteiger partial charge in [-0.3, -0.25) is 14.2 Å². The van der Waals surface area contributed by atoms with E-state index < -0.39 is 5.91 Å². The third-order valence-electron chi connectivity index (χ3n) is 6.38. The van der Waals surface area contributed by atoms with Gasteiger partial charge in [0.25, 0.3) is 0 Å². The van der Waals surface area contributed by atoms with Crippen LogP contribution in [0.2, 0.25) is 0 Å². The number of anilines is 1. The van der Waals surface area contributed by atoms with Crippen molar-refractivity contribution in [3.05, 3.63) is 82.7 Å². The number of carbonyl (C=O) groups excluding carboxylic acids is 2. The first-order valence-corrected chi connectivity index (χ1v) is 11.9. The smallest absolute Gasteiger partial charge is 0.249 e. The minimum absolute atomic E-state index is 0.145. The molecule has 0 spiro atoms. The van der Waals surface area contributed by atoms with Crippen LogP contribution in [0, 0.1) is 0 Å². The molecular weight excluding hydrogens is 440 g/mol. The Kier molecular flexibility index (Phi) is 6.18. The van der Waals surface area contributed by atoms with Gasteiger partial charge < -0.3 is 16.4 Å². The third kappa shape index (κ3) is 4.59. The van der Waals surface area contributed by atoms with Gasteiger partial charge in [0.15, 0.2) is 0 Å². The van der Waals surface area contributed by atoms with Crippen molar-refractivity contribution >= 4 is 28.5 Å². The zero-order chi connectivity index (χ0) is 24.4. The number of hydrogen-bond donors (Lipinski definition) is 3. The fourth-order valence-corrected chi connectivity index (χ4v) is 4.69. The molecule has 4 N–H and O–H groups in total. The van der Waals surface area contributed by atoms with E-state index in [4.69, 9.17) is 15.7 Å². The molecule has 0 unspecified atom stereocenters. The second-order valence-corrected chi connectivity index (χ2v) is 8.83. The van der Waals surface area contributed by atoms with Gasteiger partial charge >= 0.3 is 0 Å². The summed E-state index contributed by atoms with van der Waals surface area (Å²) in [5.74, 6) is 0.689. The lowest BCUT2D eigenvalue weighted by Gasteiger charge is -2.21. The van der Waals surface area contributed by atoms with Gasteiger partial charge in [0.05, 0.1) is 17.8 Å². The molecule has 1 aliphatic rings. The van der Waals surface area contributed by atoms with Crippen molar-refractivity contribution in [3.8, 4) is 5.95 Å². The van der Waals surface area contributed by atoms with Crippen LogP contribution in [0.4, 0.5) is 5.82 Å². The highest BCUT2D eigenvalue weighted by molar-refractivity contribution is 6.06. The molecule has 0 bridgehead atoms. The molecule has 35 heavy (non-hydrogen) atoms. The molecule has 0 saturated carbocycles. The lowest BCUT2D eigenvalue weighted by Crippen LogP contribution is -2.22. The summed E-state index contributed by atoms with van der Waals surface area (Å²) in [6.07, 6.45) is 4.01. The van der Waals surface area contributed by atoms with Gasteiger partial charge in [0.1, 0.15) is 5.82 Å². The van der Waals surface area contributed by atoms with Crippen molar-refractivity contribution in [2.45, 2.75) is 45.7 Å². The van der Waals surface area contributed by atoms with Crippen molar-refractivity contribution < 1.29 is 9.59 Å². The van der Waals surface area contributed by atoms with Crippen molar-refractivity contribution in [3.63, 3.8) is 0 Å². The van der Waals surface area contributed by atoms with Gasteiger partial charge in [0.2, 0.25) is 17.8 Å². The first-order valence-electron chi connectivity index (χ1n) is 11.9. The summed E-state index contributed by atoms with van der Waals surface area (Å²) < 4.78 is 1.92. The molecule has 8 nitrogen and oxygen atoms in total. The molecule has 2 amide bonds. The number of nitrogens with one attached hydrogen (secondary N) is 2. The fraction of sp³-hybridized carbons (Fsp3) is 0.259. The molecule has 0 aliphatic heterocycles. The molecule has 0 fully saturated rings. The number of nitrogens with two attached hydrogens (primary N) is 1. The molecule has 0 radical (unpaired) electrons. The second-order valence-electron chi connectivity index (χ2n) is 8.83. The summed E-state index contributed by atoms with van der Waals surface area (Å²) >= 11 is 0. The van der Waals surface area contributed by atoms with E-state index in [1.807, 2.05) is 34.9 Å². The van der Waals surface area contributed by atoms with Crippen LogP contribution in [0.5, 0.6) is 0 Å². The first kappa shape index (κ1) is 22.6. The zero-order valence-electron chi connectivity index (χ0n) is 19.7. The number of nitrogens with zero attached hydrogens (tertiary/aromatic N) is 3. The number of aromatic nitrogens is 3. The molecule has 2 heterocycles. The van der Waals surface area contributed by atoms with Gasteiger partial charge in [-0.1, -0.05) is 36.4 Å². The highest BCUT2D eigenvalue weighted by Crippen LogP contribution is 2.30. The number of carbonyl (C=O) groups is 2. The van der Waals surface area contributed by atoms with E-state index in [0.717, 1.165) is 54.0 Å². The Bertz CT molecular complexity index is 1410.